The fourth-order valence-electron chi connectivity index (χ4n) is 3.82. The van der Waals surface area contributed by atoms with Gasteiger partial charge in [0.05, 0.1) is 18.9 Å². The van der Waals surface area contributed by atoms with Gasteiger partial charge >= 0.3 is 0 Å². The molecule has 4 saturated heterocycles. The lowest BCUT2D eigenvalue weighted by Gasteiger charge is -2.50. The predicted octanol–water partition coefficient (Wildman–Crippen LogP) is 0.673. The van der Waals surface area contributed by atoms with Gasteiger partial charge in [0.2, 0.25) is 0 Å². The smallest absolute Gasteiger partial charge is 0.186 e. The first-order chi connectivity index (χ1) is 9.66. The average Bonchev–Trinajstić information content (AvgIpc) is 2.77. The standard InChI is InChI=1S/C13H18ClN5O/c14-10-5-17-11(6-16-10)19-8-13(20-12(19)15)7-18-3-1-9(13)2-4-18/h5-6,9,12H,1-4,7-8,15H2. The van der Waals surface area contributed by atoms with Crippen molar-refractivity contribution in [1.82, 2.24) is 14.9 Å². The van der Waals surface area contributed by atoms with Gasteiger partial charge in [0, 0.05) is 6.54 Å². The summed E-state index contributed by atoms with van der Waals surface area (Å²) in [5.74, 6) is 1.33. The molecule has 20 heavy (non-hydrogen) atoms. The summed E-state index contributed by atoms with van der Waals surface area (Å²) in [5.41, 5.74) is 6.03. The van der Waals surface area contributed by atoms with Crippen molar-refractivity contribution < 1.29 is 4.74 Å². The molecule has 4 aliphatic rings. The molecule has 2 N–H and O–H groups in total. The average molecular weight is 296 g/mol. The largest absolute Gasteiger partial charge is 0.335 e. The molecule has 1 aromatic rings. The third-order valence-corrected chi connectivity index (χ3v) is 5.02. The molecular formula is C13H18ClN5O. The molecule has 2 bridgehead atoms. The zero-order valence-electron chi connectivity index (χ0n) is 11.2. The van der Waals surface area contributed by atoms with Gasteiger partial charge < -0.3 is 14.5 Å². The van der Waals surface area contributed by atoms with Gasteiger partial charge in [-0.2, -0.15) is 0 Å². The van der Waals surface area contributed by atoms with Crippen molar-refractivity contribution in [3.8, 4) is 0 Å². The number of piperidine rings is 3. The molecule has 0 aromatic carbocycles. The molecule has 1 aromatic heterocycles. The first kappa shape index (κ1) is 12.8. The van der Waals surface area contributed by atoms with Crippen LogP contribution in [0.3, 0.4) is 0 Å². The van der Waals surface area contributed by atoms with Crippen molar-refractivity contribution in [2.75, 3.05) is 31.1 Å². The van der Waals surface area contributed by atoms with E-state index in [2.05, 4.69) is 14.9 Å². The Bertz CT molecular complexity index is 504. The van der Waals surface area contributed by atoms with Gasteiger partial charge in [0.1, 0.15) is 16.6 Å². The van der Waals surface area contributed by atoms with Crippen LogP contribution in [0.5, 0.6) is 0 Å². The maximum atomic E-state index is 6.18. The molecule has 0 amide bonds. The van der Waals surface area contributed by atoms with E-state index in [0.717, 1.165) is 18.9 Å². The van der Waals surface area contributed by atoms with E-state index in [1.807, 2.05) is 4.90 Å². The van der Waals surface area contributed by atoms with Crippen LogP contribution in [-0.2, 0) is 4.74 Å². The molecule has 0 aliphatic carbocycles. The number of nitrogens with zero attached hydrogens (tertiary/aromatic N) is 4. The highest BCUT2D eigenvalue weighted by Gasteiger charge is 2.54. The molecular weight excluding hydrogens is 278 g/mol. The third kappa shape index (κ3) is 1.90. The van der Waals surface area contributed by atoms with E-state index < -0.39 is 6.35 Å². The zero-order chi connectivity index (χ0) is 13.7. The minimum Gasteiger partial charge on any atom is -0.335 e. The minimum absolute atomic E-state index is 0.142. The Labute approximate surface area is 122 Å². The van der Waals surface area contributed by atoms with Crippen LogP contribution in [0.4, 0.5) is 5.82 Å². The number of aromatic nitrogens is 2. The molecule has 5 heterocycles. The summed E-state index contributed by atoms with van der Waals surface area (Å²) in [5, 5.41) is 0.389. The molecule has 0 radical (unpaired) electrons. The number of rotatable bonds is 1. The molecule has 5 rings (SSSR count). The lowest BCUT2D eigenvalue weighted by Crippen LogP contribution is -2.61. The highest BCUT2D eigenvalue weighted by atomic mass is 35.5. The van der Waals surface area contributed by atoms with Gasteiger partial charge in [-0.05, 0) is 31.8 Å². The van der Waals surface area contributed by atoms with Crippen molar-refractivity contribution in [3.05, 3.63) is 17.5 Å². The summed E-state index contributed by atoms with van der Waals surface area (Å²) in [6, 6.07) is 0. The third-order valence-electron chi connectivity index (χ3n) is 4.82. The van der Waals surface area contributed by atoms with Crippen molar-refractivity contribution in [1.29, 1.82) is 0 Å². The Morgan fingerprint density at radius 1 is 1.25 bits per heavy atom. The predicted molar refractivity (Wildman–Crippen MR) is 75.3 cm³/mol. The van der Waals surface area contributed by atoms with Crippen LogP contribution in [0.25, 0.3) is 0 Å². The van der Waals surface area contributed by atoms with Gasteiger partial charge in [-0.15, -0.1) is 0 Å². The number of fused-ring (bicyclic) bond motifs is 2. The van der Waals surface area contributed by atoms with E-state index in [0.29, 0.717) is 11.1 Å². The molecule has 6 nitrogen and oxygen atoms in total. The lowest BCUT2D eigenvalue weighted by atomic mass is 9.75. The normalized spacial score (nSPS) is 39.7. The molecule has 2 unspecified atom stereocenters. The molecule has 4 aliphatic heterocycles. The van der Waals surface area contributed by atoms with Gasteiger partial charge in [0.25, 0.3) is 0 Å². The molecule has 2 atom stereocenters. The van der Waals surface area contributed by atoms with Crippen molar-refractivity contribution >= 4 is 17.4 Å². The SMILES string of the molecule is NC1OC2(CN3CCC2CC3)CN1c1cnc(Cl)cn1. The maximum absolute atomic E-state index is 6.18. The molecule has 4 fully saturated rings. The van der Waals surface area contributed by atoms with E-state index in [4.69, 9.17) is 22.1 Å². The summed E-state index contributed by atoms with van der Waals surface area (Å²) >= 11 is 5.79. The number of ether oxygens (including phenoxy) is 1. The second kappa shape index (κ2) is 4.53. The number of halogens is 1. The number of hydrogen-bond donors (Lipinski definition) is 1. The van der Waals surface area contributed by atoms with E-state index in [1.54, 1.807) is 12.4 Å². The van der Waals surface area contributed by atoms with Crippen LogP contribution in [-0.4, -0.2) is 53.0 Å². The van der Waals surface area contributed by atoms with Gasteiger partial charge in [-0.3, -0.25) is 5.73 Å². The van der Waals surface area contributed by atoms with Crippen molar-refractivity contribution in [2.45, 2.75) is 24.8 Å². The van der Waals surface area contributed by atoms with E-state index in [1.165, 1.54) is 25.9 Å². The van der Waals surface area contributed by atoms with Crippen molar-refractivity contribution in [3.63, 3.8) is 0 Å². The number of nitrogens with two attached hydrogens (primary N) is 1. The van der Waals surface area contributed by atoms with Crippen LogP contribution in [0.1, 0.15) is 12.8 Å². The van der Waals surface area contributed by atoms with E-state index in [9.17, 15) is 0 Å². The molecule has 0 saturated carbocycles. The Morgan fingerprint density at radius 3 is 2.65 bits per heavy atom. The van der Waals surface area contributed by atoms with Crippen LogP contribution in [0.2, 0.25) is 5.15 Å². The van der Waals surface area contributed by atoms with E-state index >= 15 is 0 Å². The van der Waals surface area contributed by atoms with Gasteiger partial charge in [-0.25, -0.2) is 9.97 Å². The molecule has 1 spiro atoms. The van der Waals surface area contributed by atoms with Crippen LogP contribution in [0, 0.1) is 5.92 Å². The highest BCUT2D eigenvalue weighted by molar-refractivity contribution is 6.29. The molecule has 7 heteroatoms. The van der Waals surface area contributed by atoms with Crippen LogP contribution in [0.15, 0.2) is 12.4 Å². The highest BCUT2D eigenvalue weighted by Crippen LogP contribution is 2.43. The zero-order valence-corrected chi connectivity index (χ0v) is 12.0. The molecule has 108 valence electrons. The van der Waals surface area contributed by atoms with E-state index in [-0.39, 0.29) is 5.60 Å². The van der Waals surface area contributed by atoms with Crippen LogP contribution >= 0.6 is 11.6 Å². The Kier molecular flexibility index (Phi) is 2.89. The summed E-state index contributed by atoms with van der Waals surface area (Å²) in [4.78, 5) is 12.9. The first-order valence-corrected chi connectivity index (χ1v) is 7.44. The Hall–Kier alpha value is -0.950. The van der Waals surface area contributed by atoms with Crippen LogP contribution < -0.4 is 10.6 Å². The number of hydrogen-bond acceptors (Lipinski definition) is 6. The first-order valence-electron chi connectivity index (χ1n) is 7.06. The quantitative estimate of drug-likeness (QED) is 0.821. The second-order valence-electron chi connectivity index (χ2n) is 5.95. The summed E-state index contributed by atoms with van der Waals surface area (Å²) in [6.07, 6.45) is 5.16. The fourth-order valence-corrected chi connectivity index (χ4v) is 3.92. The Balaban J connectivity index is 1.60. The monoisotopic (exact) mass is 295 g/mol. The van der Waals surface area contributed by atoms with Gasteiger partial charge in [-0.1, -0.05) is 11.6 Å². The maximum Gasteiger partial charge on any atom is 0.186 e. The summed E-state index contributed by atoms with van der Waals surface area (Å²) < 4.78 is 6.18. The summed E-state index contributed by atoms with van der Waals surface area (Å²) in [7, 11) is 0. The Morgan fingerprint density at radius 2 is 2.05 bits per heavy atom. The second-order valence-corrected chi connectivity index (χ2v) is 6.34. The van der Waals surface area contributed by atoms with Gasteiger partial charge in [0.15, 0.2) is 6.35 Å². The minimum atomic E-state index is -0.453. The number of anilines is 1. The fraction of sp³-hybridized carbons (Fsp3) is 0.692. The topological polar surface area (TPSA) is 67.5 Å². The lowest BCUT2D eigenvalue weighted by molar-refractivity contribution is -0.137. The summed E-state index contributed by atoms with van der Waals surface area (Å²) in [6.45, 7) is 4.13. The van der Waals surface area contributed by atoms with Crippen molar-refractivity contribution in [2.24, 2.45) is 11.7 Å².